The Bertz CT molecular complexity index is 1280. The molecule has 4 aromatic rings. The Hall–Kier alpha value is -3.41. The molecule has 3 nitrogen and oxygen atoms in total. The first-order valence-corrected chi connectivity index (χ1v) is 10.9. The lowest BCUT2D eigenvalue weighted by molar-refractivity contribution is -0.137. The third-order valence-corrected chi connectivity index (χ3v) is 5.78. The monoisotopic (exact) mass is 449 g/mol. The first-order chi connectivity index (χ1) is 15.8. The van der Waals surface area contributed by atoms with Crippen LogP contribution in [-0.4, -0.2) is 15.3 Å². The molecule has 0 saturated carbocycles. The number of aryl methyl sites for hydroxylation is 1. The normalized spacial score (nSPS) is 11.8. The van der Waals surface area contributed by atoms with E-state index in [0.29, 0.717) is 35.6 Å². The van der Waals surface area contributed by atoms with Crippen LogP contribution in [0.3, 0.4) is 0 Å². The summed E-state index contributed by atoms with van der Waals surface area (Å²) >= 11 is 0. The van der Waals surface area contributed by atoms with Crippen LogP contribution in [0.2, 0.25) is 0 Å². The lowest BCUT2D eigenvalue weighted by Gasteiger charge is -2.12. The number of unbranched alkanes of at least 4 members (excludes halogenated alkanes) is 1. The van der Waals surface area contributed by atoms with Gasteiger partial charge in [0.25, 0.3) is 0 Å². The Morgan fingerprint density at radius 1 is 1.00 bits per heavy atom. The van der Waals surface area contributed by atoms with Gasteiger partial charge in [0.1, 0.15) is 11.5 Å². The number of hydrogen-bond donors (Lipinski definition) is 0. The Kier molecular flexibility index (Phi) is 6.36. The van der Waals surface area contributed by atoms with E-state index >= 15 is 0 Å². The largest absolute Gasteiger partial charge is 0.416 e. The van der Waals surface area contributed by atoms with E-state index in [1.54, 1.807) is 6.07 Å². The molecular formula is C27H24F3N2O. The predicted octanol–water partition coefficient (Wildman–Crippen LogP) is 6.86. The molecule has 1 heterocycles. The Labute approximate surface area is 190 Å². The van der Waals surface area contributed by atoms with Gasteiger partial charge in [-0.15, -0.1) is 0 Å². The summed E-state index contributed by atoms with van der Waals surface area (Å²) in [5.74, 6) is 0.506. The van der Waals surface area contributed by atoms with Gasteiger partial charge in [0.15, 0.2) is 0 Å². The molecule has 33 heavy (non-hydrogen) atoms. The van der Waals surface area contributed by atoms with E-state index in [1.165, 1.54) is 12.1 Å². The number of benzene rings is 3. The number of nitrogens with zero attached hydrogens (tertiary/aromatic N) is 2. The van der Waals surface area contributed by atoms with Crippen molar-refractivity contribution in [2.24, 2.45) is 0 Å². The molecule has 0 unspecified atom stereocenters. The van der Waals surface area contributed by atoms with Crippen molar-refractivity contribution in [1.29, 1.82) is 0 Å². The summed E-state index contributed by atoms with van der Waals surface area (Å²) in [5, 5.41) is 1.81. The number of carbonyl (C=O) groups excluding carboxylic acids is 1. The van der Waals surface area contributed by atoms with Crippen molar-refractivity contribution in [3.63, 3.8) is 0 Å². The molecule has 0 aliphatic carbocycles. The summed E-state index contributed by atoms with van der Waals surface area (Å²) < 4.78 is 40.6. The molecule has 0 N–H and O–H groups in total. The van der Waals surface area contributed by atoms with E-state index in [0.717, 1.165) is 35.7 Å². The number of aromatic nitrogens is 2. The van der Waals surface area contributed by atoms with Gasteiger partial charge in [-0.05, 0) is 41.8 Å². The fourth-order valence-electron chi connectivity index (χ4n) is 3.96. The molecule has 6 heteroatoms. The lowest BCUT2D eigenvalue weighted by atomic mass is 9.99. The van der Waals surface area contributed by atoms with E-state index < -0.39 is 11.7 Å². The molecular weight excluding hydrogens is 425 g/mol. The van der Waals surface area contributed by atoms with Crippen LogP contribution >= 0.6 is 0 Å². The maximum absolute atomic E-state index is 13.5. The molecule has 0 atom stereocenters. The Morgan fingerprint density at radius 2 is 1.70 bits per heavy atom. The highest BCUT2D eigenvalue weighted by atomic mass is 19.4. The third kappa shape index (κ3) is 4.70. The highest BCUT2D eigenvalue weighted by molar-refractivity contribution is 6.16. The number of rotatable bonds is 7. The van der Waals surface area contributed by atoms with Gasteiger partial charge >= 0.3 is 6.18 Å². The first-order valence-electron chi connectivity index (χ1n) is 10.9. The van der Waals surface area contributed by atoms with Gasteiger partial charge in [0.2, 0.25) is 5.78 Å². The molecule has 0 amide bonds. The molecule has 0 aliphatic rings. The second-order valence-corrected chi connectivity index (χ2v) is 8.06. The van der Waals surface area contributed by atoms with Crippen molar-refractivity contribution in [3.05, 3.63) is 108 Å². The average molecular weight is 449 g/mol. The molecule has 3 aromatic carbocycles. The van der Waals surface area contributed by atoms with Crippen LogP contribution in [0.15, 0.2) is 66.7 Å². The van der Waals surface area contributed by atoms with Crippen molar-refractivity contribution >= 4 is 16.6 Å². The van der Waals surface area contributed by atoms with Crippen LogP contribution in [-0.2, 0) is 19.1 Å². The van der Waals surface area contributed by atoms with Crippen molar-refractivity contribution in [2.45, 2.75) is 38.9 Å². The van der Waals surface area contributed by atoms with Crippen LogP contribution in [0.4, 0.5) is 13.2 Å². The van der Waals surface area contributed by atoms with Gasteiger partial charge < -0.3 is 4.57 Å². The summed E-state index contributed by atoms with van der Waals surface area (Å²) in [4.78, 5) is 18.1. The van der Waals surface area contributed by atoms with Crippen molar-refractivity contribution in [3.8, 4) is 0 Å². The van der Waals surface area contributed by atoms with Gasteiger partial charge in [-0.1, -0.05) is 67.9 Å². The summed E-state index contributed by atoms with van der Waals surface area (Å²) in [6, 6.07) is 18.3. The minimum atomic E-state index is -4.38. The topological polar surface area (TPSA) is 34.9 Å². The summed E-state index contributed by atoms with van der Waals surface area (Å²) in [5.41, 5.74) is 1.31. The molecule has 1 aromatic heterocycles. The van der Waals surface area contributed by atoms with Crippen molar-refractivity contribution in [1.82, 2.24) is 9.55 Å². The molecule has 169 valence electrons. The molecule has 1 radical (unpaired) electrons. The summed E-state index contributed by atoms with van der Waals surface area (Å²) in [7, 11) is 0. The van der Waals surface area contributed by atoms with E-state index in [1.807, 2.05) is 41.0 Å². The van der Waals surface area contributed by atoms with Crippen molar-refractivity contribution < 1.29 is 18.0 Å². The fraction of sp³-hybridized carbons (Fsp3) is 0.222. The number of carbonyl (C=O) groups is 1. The number of fused-ring (bicyclic) bond motifs is 1. The minimum Gasteiger partial charge on any atom is -0.327 e. The molecule has 0 fully saturated rings. The number of halogens is 3. The second-order valence-electron chi connectivity index (χ2n) is 8.06. The predicted molar refractivity (Wildman–Crippen MR) is 123 cm³/mol. The van der Waals surface area contributed by atoms with Crippen LogP contribution in [0.25, 0.3) is 10.8 Å². The van der Waals surface area contributed by atoms with Crippen LogP contribution in [0.5, 0.6) is 0 Å². The summed E-state index contributed by atoms with van der Waals surface area (Å²) in [6.45, 7) is 6.49. The SMILES string of the molecule is [CH2]c1c(C(=O)c2cccc3ccccc23)nc(CCCC)n1Cc1ccc(C(F)(F)F)cc1. The zero-order valence-electron chi connectivity index (χ0n) is 18.3. The molecule has 0 aliphatic heterocycles. The smallest absolute Gasteiger partial charge is 0.327 e. The maximum atomic E-state index is 13.5. The van der Waals surface area contributed by atoms with Gasteiger partial charge in [0, 0.05) is 24.2 Å². The van der Waals surface area contributed by atoms with E-state index in [-0.39, 0.29) is 11.5 Å². The highest BCUT2D eigenvalue weighted by Crippen LogP contribution is 2.29. The maximum Gasteiger partial charge on any atom is 0.416 e. The van der Waals surface area contributed by atoms with Gasteiger partial charge in [0.05, 0.1) is 5.56 Å². The molecule has 4 rings (SSSR count). The first kappa shape index (κ1) is 22.8. The fourth-order valence-corrected chi connectivity index (χ4v) is 3.96. The second kappa shape index (κ2) is 9.22. The number of imidazole rings is 1. The quantitative estimate of drug-likeness (QED) is 0.289. The summed E-state index contributed by atoms with van der Waals surface area (Å²) in [6.07, 6.45) is -1.89. The van der Waals surface area contributed by atoms with Crippen LogP contribution in [0.1, 0.15) is 58.5 Å². The van der Waals surface area contributed by atoms with Crippen molar-refractivity contribution in [2.75, 3.05) is 0 Å². The minimum absolute atomic E-state index is 0.208. The zero-order chi connectivity index (χ0) is 23.6. The number of hydrogen-bond acceptors (Lipinski definition) is 2. The van der Waals surface area contributed by atoms with Gasteiger partial charge in [-0.3, -0.25) is 4.79 Å². The molecule has 0 spiro atoms. The van der Waals surface area contributed by atoms with Crippen LogP contribution in [0, 0.1) is 6.92 Å². The molecule has 0 bridgehead atoms. The molecule has 0 saturated heterocycles. The lowest BCUT2D eigenvalue weighted by Crippen LogP contribution is -2.09. The van der Waals surface area contributed by atoms with Gasteiger partial charge in [-0.2, -0.15) is 13.2 Å². The highest BCUT2D eigenvalue weighted by Gasteiger charge is 2.30. The Balaban J connectivity index is 1.72. The van der Waals surface area contributed by atoms with Crippen LogP contribution < -0.4 is 0 Å². The third-order valence-electron chi connectivity index (χ3n) is 5.78. The number of alkyl halides is 3. The Morgan fingerprint density at radius 3 is 2.39 bits per heavy atom. The van der Waals surface area contributed by atoms with Gasteiger partial charge in [-0.25, -0.2) is 4.98 Å². The average Bonchev–Trinajstić information content (AvgIpc) is 3.11. The zero-order valence-corrected chi connectivity index (χ0v) is 18.3. The number of ketones is 1. The van der Waals surface area contributed by atoms with E-state index in [9.17, 15) is 18.0 Å². The van der Waals surface area contributed by atoms with E-state index in [4.69, 9.17) is 0 Å². The van der Waals surface area contributed by atoms with E-state index in [2.05, 4.69) is 18.8 Å². The standard InChI is InChI=1S/C27H24F3N2O/c1-3-4-12-24-31-25(26(33)23-11-7-9-20-8-5-6-10-22(20)23)18(2)32(24)17-19-13-15-21(16-14-19)27(28,29)30/h5-11,13-16H,2-4,12,17H2,1H3.